The van der Waals surface area contributed by atoms with Crippen LogP contribution in [0.25, 0.3) is 16.9 Å². The molecule has 1 spiro atoms. The molecular formula is C29H22N8O3. The molecule has 40 heavy (non-hydrogen) atoms. The van der Waals surface area contributed by atoms with Gasteiger partial charge in [-0.15, -0.1) is 0 Å². The number of anilines is 1. The lowest BCUT2D eigenvalue weighted by molar-refractivity contribution is -0.123. The summed E-state index contributed by atoms with van der Waals surface area (Å²) in [5.74, 6) is 0.366. The van der Waals surface area contributed by atoms with Crippen LogP contribution in [-0.2, 0) is 29.0 Å². The molecule has 0 radical (unpaired) electrons. The average molecular weight is 531 g/mol. The highest BCUT2D eigenvalue weighted by atomic mass is 16.2. The lowest BCUT2D eigenvalue weighted by Gasteiger charge is -2.14. The van der Waals surface area contributed by atoms with Gasteiger partial charge in [0.15, 0.2) is 5.84 Å². The number of hydrogen-bond donors (Lipinski definition) is 2. The fourth-order valence-electron chi connectivity index (χ4n) is 5.44. The summed E-state index contributed by atoms with van der Waals surface area (Å²) in [5.41, 5.74) is 3.02. The van der Waals surface area contributed by atoms with Crippen LogP contribution < -0.4 is 16.3 Å². The summed E-state index contributed by atoms with van der Waals surface area (Å²) < 4.78 is 2.94. The zero-order valence-corrected chi connectivity index (χ0v) is 21.1. The van der Waals surface area contributed by atoms with Gasteiger partial charge in [-0.25, -0.2) is 24.3 Å². The van der Waals surface area contributed by atoms with Gasteiger partial charge in [-0.2, -0.15) is 0 Å². The molecule has 196 valence electrons. The number of carbonyl (C=O) groups is 2. The number of aliphatic imine (C=N–C) groups is 1. The van der Waals surface area contributed by atoms with Crippen LogP contribution in [0.15, 0.2) is 95.2 Å². The lowest BCUT2D eigenvalue weighted by Crippen LogP contribution is -2.40. The summed E-state index contributed by atoms with van der Waals surface area (Å²) in [6.45, 7) is -0.172. The summed E-state index contributed by atoms with van der Waals surface area (Å²) >= 11 is 0. The van der Waals surface area contributed by atoms with Crippen molar-refractivity contribution in [2.24, 2.45) is 4.99 Å². The molecule has 4 heterocycles. The second kappa shape index (κ2) is 9.09. The van der Waals surface area contributed by atoms with Crippen molar-refractivity contribution in [2.75, 3.05) is 5.32 Å². The molecule has 1 aliphatic heterocycles. The van der Waals surface area contributed by atoms with Gasteiger partial charge in [-0.3, -0.25) is 19.1 Å². The van der Waals surface area contributed by atoms with Crippen LogP contribution >= 0.6 is 0 Å². The zero-order chi connectivity index (χ0) is 27.3. The van der Waals surface area contributed by atoms with Gasteiger partial charge in [-0.05, 0) is 47.5 Å². The van der Waals surface area contributed by atoms with E-state index < -0.39 is 5.54 Å². The first-order valence-corrected chi connectivity index (χ1v) is 12.7. The minimum Gasteiger partial charge on any atom is -0.325 e. The van der Waals surface area contributed by atoms with Crippen LogP contribution in [-0.4, -0.2) is 47.3 Å². The molecule has 3 aromatic heterocycles. The van der Waals surface area contributed by atoms with Crippen molar-refractivity contribution >= 4 is 34.4 Å². The normalized spacial score (nSPS) is 17.6. The molecule has 5 aromatic rings. The number of amidine groups is 1. The third-order valence-electron chi connectivity index (χ3n) is 7.26. The third-order valence-corrected chi connectivity index (χ3v) is 7.26. The molecule has 2 N–H and O–H groups in total. The van der Waals surface area contributed by atoms with Crippen molar-refractivity contribution in [1.29, 1.82) is 0 Å². The molecule has 11 nitrogen and oxygen atoms in total. The van der Waals surface area contributed by atoms with E-state index in [-0.39, 0.29) is 24.0 Å². The minimum atomic E-state index is -0.946. The van der Waals surface area contributed by atoms with Gasteiger partial charge in [0, 0.05) is 37.1 Å². The molecule has 2 aromatic carbocycles. The number of rotatable bonds is 5. The Morgan fingerprint density at radius 3 is 2.55 bits per heavy atom. The lowest BCUT2D eigenvalue weighted by atomic mass is 9.97. The average Bonchev–Trinajstić information content (AvgIpc) is 3.60. The van der Waals surface area contributed by atoms with Crippen LogP contribution in [0.3, 0.4) is 0 Å². The Kier molecular flexibility index (Phi) is 5.37. The predicted octanol–water partition coefficient (Wildman–Crippen LogP) is 2.03. The van der Waals surface area contributed by atoms with Gasteiger partial charge in [0.1, 0.15) is 23.6 Å². The van der Waals surface area contributed by atoms with Gasteiger partial charge in [-0.1, -0.05) is 24.3 Å². The Morgan fingerprint density at radius 2 is 1.75 bits per heavy atom. The van der Waals surface area contributed by atoms with Crippen LogP contribution in [0.5, 0.6) is 0 Å². The number of nitrogens with zero attached hydrogens (tertiary/aromatic N) is 6. The molecule has 0 saturated carbocycles. The Bertz CT molecular complexity index is 1900. The van der Waals surface area contributed by atoms with Crippen molar-refractivity contribution in [3.05, 3.63) is 113 Å². The number of aromatic nitrogens is 5. The maximum absolute atomic E-state index is 13.4. The summed E-state index contributed by atoms with van der Waals surface area (Å²) in [5, 5.41) is 5.75. The summed E-state index contributed by atoms with van der Waals surface area (Å²) in [7, 11) is 0. The maximum atomic E-state index is 13.4. The highest BCUT2D eigenvalue weighted by Crippen LogP contribution is 2.37. The van der Waals surface area contributed by atoms with E-state index in [2.05, 4.69) is 25.6 Å². The first-order chi connectivity index (χ1) is 19.5. The SMILES string of the molecule is O=C(Cn1c(=O)n(-c2ccccn2)c2ccccc21)Nc1ccc2c(c1)CC1(C2)N=C(c2cnccn2)NC1=O. The molecule has 11 heteroatoms. The zero-order valence-electron chi connectivity index (χ0n) is 21.1. The number of nitrogens with one attached hydrogen (secondary N) is 2. The van der Waals surface area contributed by atoms with Crippen LogP contribution in [0.2, 0.25) is 0 Å². The number of para-hydroxylation sites is 2. The third kappa shape index (κ3) is 3.87. The van der Waals surface area contributed by atoms with E-state index in [0.717, 1.165) is 11.1 Å². The highest BCUT2D eigenvalue weighted by Gasteiger charge is 2.48. The number of carbonyl (C=O) groups excluding carboxylic acids is 2. The summed E-state index contributed by atoms with van der Waals surface area (Å²) in [6, 6.07) is 18.2. The molecule has 0 bridgehead atoms. The molecule has 0 saturated heterocycles. The Morgan fingerprint density at radius 1 is 0.925 bits per heavy atom. The van der Waals surface area contributed by atoms with Gasteiger partial charge in [0.05, 0.1) is 17.2 Å². The van der Waals surface area contributed by atoms with E-state index in [9.17, 15) is 14.4 Å². The van der Waals surface area contributed by atoms with E-state index in [1.54, 1.807) is 49.1 Å². The Hall–Kier alpha value is -5.45. The minimum absolute atomic E-state index is 0.172. The number of fused-ring (bicyclic) bond motifs is 2. The molecule has 2 aliphatic rings. The second-order valence-electron chi connectivity index (χ2n) is 9.80. The maximum Gasteiger partial charge on any atom is 0.335 e. The monoisotopic (exact) mass is 530 g/mol. The number of imidazole rings is 1. The van der Waals surface area contributed by atoms with Crippen molar-refractivity contribution in [2.45, 2.75) is 24.9 Å². The number of pyridine rings is 1. The van der Waals surface area contributed by atoms with Crippen molar-refractivity contribution in [3.63, 3.8) is 0 Å². The largest absolute Gasteiger partial charge is 0.335 e. The van der Waals surface area contributed by atoms with E-state index in [1.165, 1.54) is 9.13 Å². The van der Waals surface area contributed by atoms with E-state index in [4.69, 9.17) is 4.99 Å². The predicted molar refractivity (Wildman–Crippen MR) is 147 cm³/mol. The van der Waals surface area contributed by atoms with E-state index in [1.807, 2.05) is 36.4 Å². The Balaban J connectivity index is 1.13. The smallest absolute Gasteiger partial charge is 0.325 e. The first-order valence-electron chi connectivity index (χ1n) is 12.7. The Labute approximate surface area is 227 Å². The molecule has 0 fully saturated rings. The standard InChI is InChI=1S/C29H22N8O3/c38-25(17-36-22-5-1-2-6-23(22)37(28(36)40)24-7-3-4-10-32-24)33-20-9-8-18-14-29(15-19(18)13-20)27(39)34-26(35-29)21-16-30-11-12-31-21/h1-13,16H,14-15,17H2,(H,33,38)(H,34,35,39). The van der Waals surface area contributed by atoms with Crippen molar-refractivity contribution in [1.82, 2.24) is 29.4 Å². The number of benzene rings is 2. The van der Waals surface area contributed by atoms with Gasteiger partial charge in [0.2, 0.25) is 5.91 Å². The summed E-state index contributed by atoms with van der Waals surface area (Å²) in [6.07, 6.45) is 7.15. The molecule has 2 amide bonds. The van der Waals surface area contributed by atoms with Crippen molar-refractivity contribution < 1.29 is 9.59 Å². The molecular weight excluding hydrogens is 508 g/mol. The van der Waals surface area contributed by atoms with Crippen molar-refractivity contribution in [3.8, 4) is 5.82 Å². The van der Waals surface area contributed by atoms with Gasteiger partial charge < -0.3 is 10.6 Å². The quantitative estimate of drug-likeness (QED) is 0.357. The molecule has 1 atom stereocenters. The highest BCUT2D eigenvalue weighted by molar-refractivity contribution is 6.15. The fraction of sp³-hybridized carbons (Fsp3) is 0.138. The second-order valence-corrected chi connectivity index (χ2v) is 9.80. The topological polar surface area (TPSA) is 136 Å². The molecule has 1 aliphatic carbocycles. The molecule has 1 unspecified atom stereocenters. The fourth-order valence-corrected chi connectivity index (χ4v) is 5.44. The van der Waals surface area contributed by atoms with Crippen LogP contribution in [0.4, 0.5) is 5.69 Å². The number of amides is 2. The number of hydrogen-bond acceptors (Lipinski definition) is 7. The van der Waals surface area contributed by atoms with E-state index >= 15 is 0 Å². The van der Waals surface area contributed by atoms with E-state index in [0.29, 0.717) is 46.9 Å². The summed E-state index contributed by atoms with van der Waals surface area (Å²) in [4.78, 5) is 56.8. The van der Waals surface area contributed by atoms with Gasteiger partial charge >= 0.3 is 5.69 Å². The molecule has 7 rings (SSSR count). The first kappa shape index (κ1) is 23.7. The van der Waals surface area contributed by atoms with Crippen LogP contribution in [0.1, 0.15) is 16.8 Å². The van der Waals surface area contributed by atoms with Gasteiger partial charge in [0.25, 0.3) is 5.91 Å². The van der Waals surface area contributed by atoms with Crippen LogP contribution in [0, 0.1) is 0 Å².